The Morgan fingerprint density at radius 1 is 1.20 bits per heavy atom. The second-order valence-corrected chi connectivity index (χ2v) is 5.33. The Morgan fingerprint density at radius 2 is 1.60 bits per heavy atom. The molecule has 15 heavy (non-hydrogen) atoms. The molecule has 0 spiro atoms. The zero-order chi connectivity index (χ0) is 12.4. The van der Waals surface area contributed by atoms with Gasteiger partial charge in [0.1, 0.15) is 6.04 Å². The van der Waals surface area contributed by atoms with Crippen molar-refractivity contribution >= 4 is 11.9 Å². The molecule has 0 saturated heterocycles. The molecule has 88 valence electrons. The maximum Gasteiger partial charge on any atom is 0.326 e. The lowest BCUT2D eigenvalue weighted by molar-refractivity contribution is -0.145. The van der Waals surface area contributed by atoms with Crippen LogP contribution in [0.1, 0.15) is 34.6 Å². The molecular formula is C10H20N2O3. The van der Waals surface area contributed by atoms with Crippen molar-refractivity contribution in [2.45, 2.75) is 46.2 Å². The molecule has 0 heterocycles. The van der Waals surface area contributed by atoms with E-state index in [1.54, 1.807) is 20.8 Å². The molecular weight excluding hydrogens is 196 g/mol. The van der Waals surface area contributed by atoms with Gasteiger partial charge in [-0.2, -0.15) is 0 Å². The predicted molar refractivity (Wildman–Crippen MR) is 57.3 cm³/mol. The van der Waals surface area contributed by atoms with E-state index >= 15 is 0 Å². The minimum absolute atomic E-state index is 0.468. The number of nitrogens with two attached hydrogens (primary N) is 1. The summed E-state index contributed by atoms with van der Waals surface area (Å²) in [5.41, 5.74) is 3.95. The van der Waals surface area contributed by atoms with E-state index in [2.05, 4.69) is 5.32 Å². The average molecular weight is 216 g/mol. The quantitative estimate of drug-likeness (QED) is 0.634. The molecule has 0 aromatic heterocycles. The molecule has 0 aliphatic rings. The van der Waals surface area contributed by atoms with Crippen molar-refractivity contribution < 1.29 is 14.7 Å². The second-order valence-electron chi connectivity index (χ2n) is 5.33. The molecule has 0 bridgehead atoms. The highest BCUT2D eigenvalue weighted by molar-refractivity contribution is 5.89. The maximum absolute atomic E-state index is 11.5. The number of aliphatic carboxylic acids is 1. The van der Waals surface area contributed by atoms with Crippen LogP contribution in [0.3, 0.4) is 0 Å². The molecule has 0 radical (unpaired) electrons. The number of amides is 1. The van der Waals surface area contributed by atoms with E-state index in [4.69, 9.17) is 10.8 Å². The minimum Gasteiger partial charge on any atom is -0.480 e. The maximum atomic E-state index is 11.5. The van der Waals surface area contributed by atoms with Gasteiger partial charge in [-0.1, -0.05) is 20.8 Å². The molecule has 0 aromatic carbocycles. The first kappa shape index (κ1) is 13.9. The van der Waals surface area contributed by atoms with E-state index in [-0.39, 0.29) is 0 Å². The molecule has 0 saturated carbocycles. The lowest BCUT2D eigenvalue weighted by Crippen LogP contribution is -2.57. The van der Waals surface area contributed by atoms with Crippen LogP contribution in [-0.2, 0) is 9.59 Å². The number of rotatable bonds is 3. The Hall–Kier alpha value is -1.10. The largest absolute Gasteiger partial charge is 0.480 e. The summed E-state index contributed by atoms with van der Waals surface area (Å²) in [6.07, 6.45) is 0. The van der Waals surface area contributed by atoms with E-state index in [0.717, 1.165) is 0 Å². The second kappa shape index (κ2) is 4.18. The first-order chi connectivity index (χ1) is 6.46. The van der Waals surface area contributed by atoms with Crippen LogP contribution in [0, 0.1) is 5.41 Å². The van der Waals surface area contributed by atoms with Gasteiger partial charge in [-0.25, -0.2) is 4.79 Å². The van der Waals surface area contributed by atoms with Crippen molar-refractivity contribution in [1.29, 1.82) is 0 Å². The van der Waals surface area contributed by atoms with Gasteiger partial charge in [-0.05, 0) is 19.3 Å². The molecule has 0 aromatic rings. The van der Waals surface area contributed by atoms with Crippen LogP contribution in [0.2, 0.25) is 0 Å². The van der Waals surface area contributed by atoms with Crippen molar-refractivity contribution in [2.75, 3.05) is 0 Å². The minimum atomic E-state index is -1.07. The summed E-state index contributed by atoms with van der Waals surface area (Å²) >= 11 is 0. The number of carbonyl (C=O) groups is 2. The van der Waals surface area contributed by atoms with Gasteiger partial charge in [0, 0.05) is 0 Å². The Bertz CT molecular complexity index is 261. The Morgan fingerprint density at radius 3 is 1.80 bits per heavy atom. The summed E-state index contributed by atoms with van der Waals surface area (Å²) in [5.74, 6) is -1.52. The van der Waals surface area contributed by atoms with Gasteiger partial charge in [0.25, 0.3) is 0 Å². The molecule has 0 rings (SSSR count). The highest BCUT2D eigenvalue weighted by atomic mass is 16.4. The molecule has 4 N–H and O–H groups in total. The fourth-order valence-corrected chi connectivity index (χ4v) is 0.966. The zero-order valence-corrected chi connectivity index (χ0v) is 9.92. The molecule has 5 heteroatoms. The smallest absolute Gasteiger partial charge is 0.326 e. The topological polar surface area (TPSA) is 92.4 Å². The van der Waals surface area contributed by atoms with E-state index in [9.17, 15) is 9.59 Å². The third kappa shape index (κ3) is 4.29. The molecule has 0 aliphatic heterocycles. The van der Waals surface area contributed by atoms with Gasteiger partial charge in [-0.3, -0.25) is 4.79 Å². The summed E-state index contributed by atoms with van der Waals surface area (Å²) in [7, 11) is 0. The van der Waals surface area contributed by atoms with Crippen molar-refractivity contribution in [3.05, 3.63) is 0 Å². The van der Waals surface area contributed by atoms with E-state index in [0.29, 0.717) is 0 Å². The first-order valence-electron chi connectivity index (χ1n) is 4.79. The Kier molecular flexibility index (Phi) is 3.88. The molecule has 1 amide bonds. The number of carbonyl (C=O) groups excluding carboxylic acids is 1. The number of carboxylic acid groups (broad SMARTS) is 1. The van der Waals surface area contributed by atoms with Crippen LogP contribution in [0.4, 0.5) is 0 Å². The van der Waals surface area contributed by atoms with Crippen molar-refractivity contribution in [1.82, 2.24) is 5.32 Å². The molecule has 0 fully saturated rings. The zero-order valence-electron chi connectivity index (χ0n) is 9.92. The summed E-state index contributed by atoms with van der Waals surface area (Å²) in [5, 5.41) is 11.4. The number of carboxylic acids is 1. The average Bonchev–Trinajstić information content (AvgIpc) is 1.94. The van der Waals surface area contributed by atoms with Gasteiger partial charge in [0.05, 0.1) is 5.54 Å². The third-order valence-corrected chi connectivity index (χ3v) is 1.97. The fourth-order valence-electron chi connectivity index (χ4n) is 0.966. The molecule has 1 unspecified atom stereocenters. The van der Waals surface area contributed by atoms with E-state index in [1.165, 1.54) is 13.8 Å². The SMILES string of the molecule is CC(C)(N)C(=O)NC(C(=O)O)C(C)(C)C. The van der Waals surface area contributed by atoms with E-state index in [1.807, 2.05) is 0 Å². The predicted octanol–water partition coefficient (Wildman–Crippen LogP) is 0.339. The summed E-state index contributed by atoms with van der Waals surface area (Å²) in [6, 6.07) is -0.937. The van der Waals surface area contributed by atoms with Crippen LogP contribution in [0.25, 0.3) is 0 Å². The summed E-state index contributed by atoms with van der Waals surface area (Å²) < 4.78 is 0. The van der Waals surface area contributed by atoms with Crippen LogP contribution >= 0.6 is 0 Å². The van der Waals surface area contributed by atoms with Gasteiger partial charge >= 0.3 is 5.97 Å². The van der Waals surface area contributed by atoms with Crippen LogP contribution in [-0.4, -0.2) is 28.6 Å². The lowest BCUT2D eigenvalue weighted by Gasteiger charge is -2.30. The van der Waals surface area contributed by atoms with Crippen LogP contribution in [0.15, 0.2) is 0 Å². The lowest BCUT2D eigenvalue weighted by atomic mass is 9.86. The van der Waals surface area contributed by atoms with Crippen molar-refractivity contribution in [3.63, 3.8) is 0 Å². The van der Waals surface area contributed by atoms with Crippen LogP contribution < -0.4 is 11.1 Å². The van der Waals surface area contributed by atoms with Crippen molar-refractivity contribution in [2.24, 2.45) is 11.1 Å². The standard InChI is InChI=1S/C10H20N2O3/c1-9(2,3)6(7(13)14)12-8(15)10(4,5)11/h6H,11H2,1-5H3,(H,12,15)(H,13,14). The first-order valence-corrected chi connectivity index (χ1v) is 4.79. The molecule has 1 atom stereocenters. The fraction of sp³-hybridized carbons (Fsp3) is 0.800. The van der Waals surface area contributed by atoms with Crippen molar-refractivity contribution in [3.8, 4) is 0 Å². The third-order valence-electron chi connectivity index (χ3n) is 1.97. The Balaban J connectivity index is 4.74. The number of hydrogen-bond acceptors (Lipinski definition) is 3. The summed E-state index contributed by atoms with van der Waals surface area (Å²) in [4.78, 5) is 22.5. The van der Waals surface area contributed by atoms with Crippen LogP contribution in [0.5, 0.6) is 0 Å². The molecule has 5 nitrogen and oxygen atoms in total. The monoisotopic (exact) mass is 216 g/mol. The highest BCUT2D eigenvalue weighted by Crippen LogP contribution is 2.19. The van der Waals surface area contributed by atoms with Gasteiger partial charge in [0.2, 0.25) is 5.91 Å². The Labute approximate surface area is 90.0 Å². The van der Waals surface area contributed by atoms with Gasteiger partial charge in [-0.15, -0.1) is 0 Å². The summed E-state index contributed by atoms with van der Waals surface area (Å²) in [6.45, 7) is 8.30. The molecule has 0 aliphatic carbocycles. The van der Waals surface area contributed by atoms with Gasteiger partial charge in [0.15, 0.2) is 0 Å². The van der Waals surface area contributed by atoms with Gasteiger partial charge < -0.3 is 16.2 Å². The highest BCUT2D eigenvalue weighted by Gasteiger charge is 2.35. The normalized spacial score (nSPS) is 14.5. The number of nitrogens with one attached hydrogen (secondary N) is 1. The number of hydrogen-bond donors (Lipinski definition) is 3. The van der Waals surface area contributed by atoms with E-state index < -0.39 is 28.9 Å².